The number of hydrogen-bond acceptors (Lipinski definition) is 3. The van der Waals surface area contributed by atoms with Gasteiger partial charge in [0, 0.05) is 33.8 Å². The molecule has 1 aliphatic rings. The lowest BCUT2D eigenvalue weighted by atomic mass is 10.1. The molecule has 2 aromatic rings. The van der Waals surface area contributed by atoms with Crippen LogP contribution < -0.4 is 5.32 Å². The van der Waals surface area contributed by atoms with Crippen LogP contribution in [0.1, 0.15) is 36.2 Å². The van der Waals surface area contributed by atoms with Gasteiger partial charge in [-0.3, -0.25) is 4.98 Å². The molecule has 1 fully saturated rings. The van der Waals surface area contributed by atoms with Gasteiger partial charge in [-0.25, -0.2) is 0 Å². The van der Waals surface area contributed by atoms with E-state index in [1.54, 1.807) is 0 Å². The Balaban J connectivity index is 1.85. The van der Waals surface area contributed by atoms with Gasteiger partial charge in [0.2, 0.25) is 0 Å². The predicted octanol–water partition coefficient (Wildman–Crippen LogP) is 4.18. The van der Waals surface area contributed by atoms with Crippen LogP contribution in [-0.4, -0.2) is 11.5 Å². The second-order valence-corrected chi connectivity index (χ2v) is 6.44. The van der Waals surface area contributed by atoms with E-state index >= 15 is 0 Å². The van der Waals surface area contributed by atoms with Crippen molar-refractivity contribution in [2.75, 3.05) is 6.54 Å². The van der Waals surface area contributed by atoms with Gasteiger partial charge in [0.1, 0.15) is 0 Å². The largest absolute Gasteiger partial charge is 0.309 e. The highest BCUT2D eigenvalue weighted by atomic mass is 32.1. The van der Waals surface area contributed by atoms with Crippen molar-refractivity contribution in [1.82, 2.24) is 10.3 Å². The van der Waals surface area contributed by atoms with Crippen LogP contribution in [0, 0.1) is 12.8 Å². The van der Waals surface area contributed by atoms with Crippen molar-refractivity contribution in [3.63, 3.8) is 0 Å². The fourth-order valence-corrected chi connectivity index (χ4v) is 3.67. The summed E-state index contributed by atoms with van der Waals surface area (Å²) in [5.74, 6) is 0.849. The van der Waals surface area contributed by atoms with Crippen LogP contribution in [0.5, 0.6) is 0 Å². The molecule has 0 saturated heterocycles. The second-order valence-electron chi connectivity index (χ2n) is 5.33. The summed E-state index contributed by atoms with van der Waals surface area (Å²) in [6, 6.07) is 7.29. The Kier molecular flexibility index (Phi) is 3.67. The first-order valence-electron chi connectivity index (χ1n) is 7.03. The summed E-state index contributed by atoms with van der Waals surface area (Å²) in [6.07, 6.45) is 6.61. The maximum Gasteiger partial charge on any atom is 0.0443 e. The van der Waals surface area contributed by atoms with E-state index in [2.05, 4.69) is 42.3 Å². The molecule has 0 spiro atoms. The summed E-state index contributed by atoms with van der Waals surface area (Å²) >= 11 is 1.91. The standard InChI is InChI=1S/C16H20N2S/c1-3-18-16(12-4-5-12)15-7-6-14(19-15)13-8-11(2)9-17-10-13/h6-10,12,16,18H,3-5H2,1-2H3. The molecule has 3 rings (SSSR count). The summed E-state index contributed by atoms with van der Waals surface area (Å²) in [5.41, 5.74) is 2.46. The number of nitrogens with zero attached hydrogens (tertiary/aromatic N) is 1. The quantitative estimate of drug-likeness (QED) is 0.883. The van der Waals surface area contributed by atoms with E-state index in [-0.39, 0.29) is 0 Å². The summed E-state index contributed by atoms with van der Waals surface area (Å²) < 4.78 is 0. The van der Waals surface area contributed by atoms with E-state index < -0.39 is 0 Å². The monoisotopic (exact) mass is 272 g/mol. The van der Waals surface area contributed by atoms with Crippen molar-refractivity contribution in [3.8, 4) is 10.4 Å². The number of rotatable bonds is 5. The third kappa shape index (κ3) is 2.88. The fraction of sp³-hybridized carbons (Fsp3) is 0.438. The Bertz CT molecular complexity index is 557. The van der Waals surface area contributed by atoms with Gasteiger partial charge in [-0.05, 0) is 56.0 Å². The van der Waals surface area contributed by atoms with Crippen LogP contribution in [0.2, 0.25) is 0 Å². The maximum absolute atomic E-state index is 4.29. The maximum atomic E-state index is 4.29. The molecule has 1 N–H and O–H groups in total. The number of pyridine rings is 1. The molecule has 0 bridgehead atoms. The third-order valence-electron chi connectivity index (χ3n) is 3.61. The molecule has 0 aromatic carbocycles. The van der Waals surface area contributed by atoms with Crippen molar-refractivity contribution < 1.29 is 0 Å². The Morgan fingerprint density at radius 3 is 2.89 bits per heavy atom. The molecule has 0 radical (unpaired) electrons. The predicted molar refractivity (Wildman–Crippen MR) is 81.4 cm³/mol. The topological polar surface area (TPSA) is 24.9 Å². The van der Waals surface area contributed by atoms with Crippen LogP contribution >= 0.6 is 11.3 Å². The van der Waals surface area contributed by atoms with Gasteiger partial charge < -0.3 is 5.32 Å². The highest BCUT2D eigenvalue weighted by Crippen LogP contribution is 2.44. The summed E-state index contributed by atoms with van der Waals surface area (Å²) in [7, 11) is 0. The number of nitrogens with one attached hydrogen (secondary N) is 1. The molecule has 1 saturated carbocycles. The van der Waals surface area contributed by atoms with Crippen molar-refractivity contribution in [1.29, 1.82) is 0 Å². The molecule has 19 heavy (non-hydrogen) atoms. The molecular formula is C16H20N2S. The van der Waals surface area contributed by atoms with Gasteiger partial charge in [0.15, 0.2) is 0 Å². The Morgan fingerprint density at radius 2 is 2.21 bits per heavy atom. The molecule has 2 nitrogen and oxygen atoms in total. The number of hydrogen-bond donors (Lipinski definition) is 1. The zero-order chi connectivity index (χ0) is 13.2. The molecule has 1 unspecified atom stereocenters. The van der Waals surface area contributed by atoms with Gasteiger partial charge in [0.05, 0.1) is 0 Å². The Labute approximate surface area is 118 Å². The lowest BCUT2D eigenvalue weighted by molar-refractivity contribution is 0.504. The van der Waals surface area contributed by atoms with Gasteiger partial charge in [0.25, 0.3) is 0 Å². The van der Waals surface area contributed by atoms with Crippen molar-refractivity contribution in [3.05, 3.63) is 41.0 Å². The van der Waals surface area contributed by atoms with Crippen LogP contribution in [0.3, 0.4) is 0 Å². The number of thiophene rings is 1. The smallest absolute Gasteiger partial charge is 0.0443 e. The van der Waals surface area contributed by atoms with E-state index in [9.17, 15) is 0 Å². The van der Waals surface area contributed by atoms with Crippen LogP contribution in [0.15, 0.2) is 30.6 Å². The highest BCUT2D eigenvalue weighted by Gasteiger charge is 2.32. The van der Waals surface area contributed by atoms with Crippen molar-refractivity contribution in [2.24, 2.45) is 5.92 Å². The first-order chi connectivity index (χ1) is 9.28. The third-order valence-corrected chi connectivity index (χ3v) is 4.83. The van der Waals surface area contributed by atoms with Gasteiger partial charge >= 0.3 is 0 Å². The van der Waals surface area contributed by atoms with E-state index in [0.717, 1.165) is 12.5 Å². The summed E-state index contributed by atoms with van der Waals surface area (Å²) in [4.78, 5) is 7.09. The Hall–Kier alpha value is -1.19. The fourth-order valence-electron chi connectivity index (χ4n) is 2.51. The number of aromatic nitrogens is 1. The van der Waals surface area contributed by atoms with E-state index in [1.165, 1.54) is 33.7 Å². The zero-order valence-corrected chi connectivity index (χ0v) is 12.3. The van der Waals surface area contributed by atoms with E-state index in [0.29, 0.717) is 6.04 Å². The minimum atomic E-state index is 0.557. The minimum absolute atomic E-state index is 0.557. The van der Waals surface area contributed by atoms with E-state index in [1.807, 2.05) is 23.7 Å². The Morgan fingerprint density at radius 1 is 1.37 bits per heavy atom. The van der Waals surface area contributed by atoms with Crippen molar-refractivity contribution in [2.45, 2.75) is 32.7 Å². The molecule has 1 aliphatic carbocycles. The molecule has 2 aromatic heterocycles. The number of aryl methyl sites for hydroxylation is 1. The average Bonchev–Trinajstić information content (AvgIpc) is 3.13. The SMILES string of the molecule is CCNC(c1ccc(-c2cncc(C)c2)s1)C1CC1. The first-order valence-corrected chi connectivity index (χ1v) is 7.84. The summed E-state index contributed by atoms with van der Waals surface area (Å²) in [5, 5.41) is 3.63. The minimum Gasteiger partial charge on any atom is -0.309 e. The van der Waals surface area contributed by atoms with Crippen LogP contribution in [-0.2, 0) is 0 Å². The lowest BCUT2D eigenvalue weighted by Gasteiger charge is -2.15. The van der Waals surface area contributed by atoms with Crippen molar-refractivity contribution >= 4 is 11.3 Å². The lowest BCUT2D eigenvalue weighted by Crippen LogP contribution is -2.21. The average molecular weight is 272 g/mol. The van der Waals surface area contributed by atoms with Crippen LogP contribution in [0.4, 0.5) is 0 Å². The molecular weight excluding hydrogens is 252 g/mol. The molecule has 2 heterocycles. The van der Waals surface area contributed by atoms with Gasteiger partial charge in [-0.2, -0.15) is 0 Å². The first kappa shape index (κ1) is 12.8. The zero-order valence-electron chi connectivity index (χ0n) is 11.5. The molecule has 0 aliphatic heterocycles. The normalized spacial score (nSPS) is 16.5. The van der Waals surface area contributed by atoms with E-state index in [4.69, 9.17) is 0 Å². The molecule has 100 valence electrons. The van der Waals surface area contributed by atoms with Gasteiger partial charge in [-0.1, -0.05) is 6.92 Å². The van der Waals surface area contributed by atoms with Crippen LogP contribution in [0.25, 0.3) is 10.4 Å². The molecule has 0 amide bonds. The highest BCUT2D eigenvalue weighted by molar-refractivity contribution is 7.15. The molecule has 1 atom stereocenters. The van der Waals surface area contributed by atoms with Gasteiger partial charge in [-0.15, -0.1) is 11.3 Å². The molecule has 3 heteroatoms. The summed E-state index contributed by atoms with van der Waals surface area (Å²) in [6.45, 7) is 5.32. The second kappa shape index (κ2) is 5.43.